The van der Waals surface area contributed by atoms with Crippen LogP contribution in [0.2, 0.25) is 0 Å². The van der Waals surface area contributed by atoms with E-state index in [1.165, 1.54) is 14.0 Å². The molecule has 0 aromatic carbocycles. The van der Waals surface area contributed by atoms with Crippen LogP contribution >= 0.6 is 0 Å². The van der Waals surface area contributed by atoms with Crippen LogP contribution in [-0.2, 0) is 9.59 Å². The molecule has 0 heterocycles. The SMILES string of the molecule is C#CC(=O)N(C)[C@@H](C)C(=O)O. The van der Waals surface area contributed by atoms with Crippen LogP contribution in [0.15, 0.2) is 0 Å². The van der Waals surface area contributed by atoms with Gasteiger partial charge in [0.15, 0.2) is 0 Å². The van der Waals surface area contributed by atoms with Crippen molar-refractivity contribution in [1.29, 1.82) is 0 Å². The molecule has 11 heavy (non-hydrogen) atoms. The maximum Gasteiger partial charge on any atom is 0.326 e. The predicted octanol–water partition coefficient (Wildman–Crippen LogP) is -0.449. The fourth-order valence-electron chi connectivity index (χ4n) is 0.443. The summed E-state index contributed by atoms with van der Waals surface area (Å²) in [4.78, 5) is 22.0. The molecule has 60 valence electrons. The van der Waals surface area contributed by atoms with E-state index in [-0.39, 0.29) is 0 Å². The predicted molar refractivity (Wildman–Crippen MR) is 38.7 cm³/mol. The number of rotatable bonds is 2. The lowest BCUT2D eigenvalue weighted by atomic mass is 10.3. The number of aliphatic carboxylic acids is 1. The van der Waals surface area contributed by atoms with Gasteiger partial charge in [-0.15, -0.1) is 6.42 Å². The van der Waals surface area contributed by atoms with Gasteiger partial charge in [-0.1, -0.05) is 0 Å². The van der Waals surface area contributed by atoms with Gasteiger partial charge >= 0.3 is 5.97 Å². The first-order valence-corrected chi connectivity index (χ1v) is 2.97. The van der Waals surface area contributed by atoms with Crippen LogP contribution in [-0.4, -0.2) is 35.0 Å². The molecule has 1 N–H and O–H groups in total. The van der Waals surface area contributed by atoms with E-state index in [9.17, 15) is 9.59 Å². The van der Waals surface area contributed by atoms with E-state index < -0.39 is 17.9 Å². The molecule has 0 unspecified atom stereocenters. The molecule has 0 aromatic heterocycles. The van der Waals surface area contributed by atoms with Gasteiger partial charge in [-0.25, -0.2) is 4.79 Å². The van der Waals surface area contributed by atoms with Crippen LogP contribution in [0.3, 0.4) is 0 Å². The summed E-state index contributed by atoms with van der Waals surface area (Å²) in [7, 11) is 1.35. The van der Waals surface area contributed by atoms with Gasteiger partial charge in [0, 0.05) is 7.05 Å². The van der Waals surface area contributed by atoms with Gasteiger partial charge < -0.3 is 10.0 Å². The minimum absolute atomic E-state index is 0.625. The average molecular weight is 155 g/mol. The Labute approximate surface area is 64.8 Å². The molecule has 0 spiro atoms. The van der Waals surface area contributed by atoms with Crippen LogP contribution < -0.4 is 0 Å². The minimum atomic E-state index is -1.07. The van der Waals surface area contributed by atoms with Crippen molar-refractivity contribution in [2.45, 2.75) is 13.0 Å². The molecule has 1 amide bonds. The third-order valence-electron chi connectivity index (χ3n) is 1.38. The van der Waals surface area contributed by atoms with Crippen molar-refractivity contribution in [1.82, 2.24) is 4.90 Å². The fourth-order valence-corrected chi connectivity index (χ4v) is 0.443. The number of carbonyl (C=O) groups is 2. The molecule has 0 aromatic rings. The number of amides is 1. The van der Waals surface area contributed by atoms with Crippen LogP contribution in [0.25, 0.3) is 0 Å². The highest BCUT2D eigenvalue weighted by atomic mass is 16.4. The van der Waals surface area contributed by atoms with Crippen molar-refractivity contribution >= 4 is 11.9 Å². The van der Waals surface area contributed by atoms with E-state index in [1.807, 2.05) is 5.92 Å². The van der Waals surface area contributed by atoms with E-state index in [2.05, 4.69) is 0 Å². The summed E-state index contributed by atoms with van der Waals surface area (Å²) in [5.41, 5.74) is 0. The Morgan fingerprint density at radius 3 is 2.36 bits per heavy atom. The van der Waals surface area contributed by atoms with Crippen LogP contribution in [0.1, 0.15) is 6.92 Å². The van der Waals surface area contributed by atoms with Gasteiger partial charge in [-0.05, 0) is 12.8 Å². The third-order valence-corrected chi connectivity index (χ3v) is 1.38. The Kier molecular flexibility index (Phi) is 3.12. The molecule has 0 rings (SSSR count). The second kappa shape index (κ2) is 3.62. The van der Waals surface area contributed by atoms with Crippen molar-refractivity contribution in [2.24, 2.45) is 0 Å². The minimum Gasteiger partial charge on any atom is -0.480 e. The summed E-state index contributed by atoms with van der Waals surface area (Å²) < 4.78 is 0. The van der Waals surface area contributed by atoms with Gasteiger partial charge in [-0.2, -0.15) is 0 Å². The van der Waals surface area contributed by atoms with Crippen molar-refractivity contribution in [3.63, 3.8) is 0 Å². The van der Waals surface area contributed by atoms with Gasteiger partial charge in [0.2, 0.25) is 0 Å². The second-order valence-corrected chi connectivity index (χ2v) is 2.07. The quantitative estimate of drug-likeness (QED) is 0.549. The largest absolute Gasteiger partial charge is 0.480 e. The molecule has 0 aliphatic carbocycles. The second-order valence-electron chi connectivity index (χ2n) is 2.07. The van der Waals surface area contributed by atoms with Gasteiger partial charge in [0.1, 0.15) is 6.04 Å². The lowest BCUT2D eigenvalue weighted by Crippen LogP contribution is -2.39. The third kappa shape index (κ3) is 2.30. The lowest BCUT2D eigenvalue weighted by Gasteiger charge is -2.17. The summed E-state index contributed by atoms with van der Waals surface area (Å²) in [6.07, 6.45) is 4.78. The van der Waals surface area contributed by atoms with Crippen molar-refractivity contribution in [3.8, 4) is 12.3 Å². The number of nitrogens with zero attached hydrogens (tertiary/aromatic N) is 1. The number of hydrogen-bond acceptors (Lipinski definition) is 2. The zero-order valence-electron chi connectivity index (χ0n) is 6.37. The molecule has 0 aliphatic rings. The van der Waals surface area contributed by atoms with E-state index in [0.717, 1.165) is 4.90 Å². The fraction of sp³-hybridized carbons (Fsp3) is 0.429. The highest BCUT2D eigenvalue weighted by Crippen LogP contribution is 1.94. The number of carbonyl (C=O) groups excluding carboxylic acids is 1. The molecule has 4 heteroatoms. The average Bonchev–Trinajstić information content (AvgIpc) is 2.00. The topological polar surface area (TPSA) is 57.6 Å². The Hall–Kier alpha value is -1.50. The molecular weight excluding hydrogens is 146 g/mol. The smallest absolute Gasteiger partial charge is 0.326 e. The number of carboxylic acid groups (broad SMARTS) is 1. The van der Waals surface area contributed by atoms with E-state index in [1.54, 1.807) is 0 Å². The molecule has 0 fully saturated rings. The van der Waals surface area contributed by atoms with Gasteiger partial charge in [0.25, 0.3) is 5.91 Å². The number of terminal acetylenes is 1. The lowest BCUT2D eigenvalue weighted by molar-refractivity contribution is -0.146. The monoisotopic (exact) mass is 155 g/mol. The summed E-state index contributed by atoms with van der Waals surface area (Å²) in [5, 5.41) is 8.43. The molecular formula is C7H9NO3. The molecule has 0 aliphatic heterocycles. The summed E-state index contributed by atoms with van der Waals surface area (Å²) in [6, 6.07) is -0.876. The zero-order valence-corrected chi connectivity index (χ0v) is 6.37. The number of carboxylic acids is 1. The maximum atomic E-state index is 10.7. The first-order valence-electron chi connectivity index (χ1n) is 2.97. The van der Waals surface area contributed by atoms with Crippen LogP contribution in [0, 0.1) is 12.3 Å². The zero-order chi connectivity index (χ0) is 9.02. The summed E-state index contributed by atoms with van der Waals surface area (Å²) in [5.74, 6) is 0.126. The summed E-state index contributed by atoms with van der Waals surface area (Å²) >= 11 is 0. The maximum absolute atomic E-state index is 10.7. The highest BCUT2D eigenvalue weighted by molar-refractivity contribution is 5.95. The molecule has 0 bridgehead atoms. The van der Waals surface area contributed by atoms with Crippen molar-refractivity contribution < 1.29 is 14.7 Å². The normalized spacial score (nSPS) is 11.4. The number of hydrogen-bond donors (Lipinski definition) is 1. The van der Waals surface area contributed by atoms with E-state index in [4.69, 9.17) is 11.5 Å². The van der Waals surface area contributed by atoms with Crippen molar-refractivity contribution in [2.75, 3.05) is 7.05 Å². The molecule has 0 saturated heterocycles. The molecule has 0 saturated carbocycles. The van der Waals surface area contributed by atoms with Gasteiger partial charge in [-0.3, -0.25) is 4.79 Å². The number of likely N-dealkylation sites (N-methyl/N-ethyl adjacent to an activating group) is 1. The Bertz CT molecular complexity index is 216. The molecule has 4 nitrogen and oxygen atoms in total. The first kappa shape index (κ1) is 9.50. The standard InChI is InChI=1S/C7H9NO3/c1-4-6(9)8(3)5(2)7(10)11/h1,5H,2-3H3,(H,10,11)/t5-/m0/s1. The van der Waals surface area contributed by atoms with E-state index >= 15 is 0 Å². The Morgan fingerprint density at radius 2 is 2.09 bits per heavy atom. The van der Waals surface area contributed by atoms with Crippen molar-refractivity contribution in [3.05, 3.63) is 0 Å². The summed E-state index contributed by atoms with van der Waals surface area (Å²) in [6.45, 7) is 1.39. The highest BCUT2D eigenvalue weighted by Gasteiger charge is 2.19. The van der Waals surface area contributed by atoms with Crippen LogP contribution in [0.4, 0.5) is 0 Å². The Morgan fingerprint density at radius 1 is 1.64 bits per heavy atom. The van der Waals surface area contributed by atoms with Gasteiger partial charge in [0.05, 0.1) is 0 Å². The molecule has 1 atom stereocenters. The Balaban J connectivity index is 4.27. The van der Waals surface area contributed by atoms with E-state index in [0.29, 0.717) is 0 Å². The molecule has 0 radical (unpaired) electrons. The first-order chi connectivity index (χ1) is 5.00. The van der Waals surface area contributed by atoms with Crippen LogP contribution in [0.5, 0.6) is 0 Å².